The lowest BCUT2D eigenvalue weighted by molar-refractivity contribution is 0.0941. The van der Waals surface area contributed by atoms with Crippen LogP contribution in [-0.4, -0.2) is 15.9 Å². The van der Waals surface area contributed by atoms with E-state index in [2.05, 4.69) is 20.6 Å². The fraction of sp³-hybridized carbons (Fsp3) is 0.0455. The second kappa shape index (κ2) is 8.24. The smallest absolute Gasteiger partial charge is 0.289 e. The molecule has 0 radical (unpaired) electrons. The lowest BCUT2D eigenvalue weighted by Gasteiger charge is -2.11. The fourth-order valence-electron chi connectivity index (χ4n) is 2.81. The number of nitrogens with one attached hydrogen (secondary N) is 2. The lowest BCUT2D eigenvalue weighted by atomic mass is 10.2. The number of benzene rings is 3. The molecule has 7 heteroatoms. The third kappa shape index (κ3) is 4.50. The summed E-state index contributed by atoms with van der Waals surface area (Å²) in [5.41, 5.74) is 2.19. The van der Waals surface area contributed by atoms with Crippen molar-refractivity contribution >= 4 is 39.9 Å². The van der Waals surface area contributed by atoms with E-state index >= 15 is 0 Å². The zero-order valence-electron chi connectivity index (χ0n) is 15.2. The molecular weight excluding hydrogens is 391 g/mol. The van der Waals surface area contributed by atoms with Crippen LogP contribution in [0.5, 0.6) is 0 Å². The van der Waals surface area contributed by atoms with E-state index in [0.717, 1.165) is 10.9 Å². The summed E-state index contributed by atoms with van der Waals surface area (Å²) in [5.74, 6) is -0.209. The van der Waals surface area contributed by atoms with Crippen molar-refractivity contribution in [3.8, 4) is 0 Å². The topological polar surface area (TPSA) is 66.9 Å². The minimum Gasteiger partial charge on any atom is -0.345 e. The van der Waals surface area contributed by atoms with Gasteiger partial charge in [-0.3, -0.25) is 4.79 Å². The average molecular weight is 407 g/mol. The lowest BCUT2D eigenvalue weighted by Crippen LogP contribution is -2.25. The molecule has 0 aliphatic heterocycles. The number of carbonyl (C=O) groups excluding carboxylic acids is 1. The molecule has 0 spiro atoms. The molecule has 3 aromatic carbocycles. The first-order valence-corrected chi connectivity index (χ1v) is 9.28. The molecule has 0 aliphatic rings. The molecule has 4 aromatic rings. The Balaban J connectivity index is 1.61. The van der Waals surface area contributed by atoms with Crippen LogP contribution in [-0.2, 0) is 6.54 Å². The minimum atomic E-state index is -0.396. The number of halogens is 2. The van der Waals surface area contributed by atoms with Gasteiger partial charge in [-0.15, -0.1) is 0 Å². The van der Waals surface area contributed by atoms with Crippen LogP contribution < -0.4 is 10.6 Å². The zero-order chi connectivity index (χ0) is 20.2. The highest BCUT2D eigenvalue weighted by atomic mass is 35.5. The van der Waals surface area contributed by atoms with Gasteiger partial charge in [0.2, 0.25) is 5.82 Å². The fourth-order valence-corrected chi connectivity index (χ4v) is 2.93. The Morgan fingerprint density at radius 2 is 1.66 bits per heavy atom. The molecule has 4 rings (SSSR count). The summed E-state index contributed by atoms with van der Waals surface area (Å²) < 4.78 is 13.2. The minimum absolute atomic E-state index is 0.0438. The van der Waals surface area contributed by atoms with E-state index in [0.29, 0.717) is 28.6 Å². The van der Waals surface area contributed by atoms with Crippen LogP contribution in [0.4, 0.5) is 15.9 Å². The van der Waals surface area contributed by atoms with Gasteiger partial charge in [-0.05, 0) is 54.1 Å². The van der Waals surface area contributed by atoms with Crippen LogP contribution in [0.2, 0.25) is 5.02 Å². The van der Waals surface area contributed by atoms with Gasteiger partial charge in [0.25, 0.3) is 5.91 Å². The number of para-hydroxylation sites is 1. The quantitative estimate of drug-likeness (QED) is 0.484. The number of anilines is 2. The zero-order valence-corrected chi connectivity index (χ0v) is 15.9. The predicted molar refractivity (Wildman–Crippen MR) is 112 cm³/mol. The highest BCUT2D eigenvalue weighted by molar-refractivity contribution is 6.30. The maximum absolute atomic E-state index is 13.2. The van der Waals surface area contributed by atoms with Gasteiger partial charge < -0.3 is 10.6 Å². The van der Waals surface area contributed by atoms with E-state index in [4.69, 9.17) is 11.6 Å². The van der Waals surface area contributed by atoms with E-state index in [-0.39, 0.29) is 11.6 Å². The van der Waals surface area contributed by atoms with Crippen molar-refractivity contribution in [2.75, 3.05) is 5.32 Å². The molecule has 0 unspecified atom stereocenters. The van der Waals surface area contributed by atoms with Gasteiger partial charge in [-0.2, -0.15) is 0 Å². The normalized spacial score (nSPS) is 10.7. The van der Waals surface area contributed by atoms with E-state index in [1.807, 2.05) is 36.4 Å². The van der Waals surface area contributed by atoms with Crippen LogP contribution in [0, 0.1) is 5.82 Å². The molecule has 1 aromatic heterocycles. The first-order valence-electron chi connectivity index (χ1n) is 8.90. The maximum atomic E-state index is 13.2. The Kier molecular flexibility index (Phi) is 5.35. The van der Waals surface area contributed by atoms with E-state index in [9.17, 15) is 9.18 Å². The first kappa shape index (κ1) is 18.8. The molecular formula is C22H16ClFN4O. The van der Waals surface area contributed by atoms with Crippen LogP contribution in [0.3, 0.4) is 0 Å². The van der Waals surface area contributed by atoms with Crippen LogP contribution in [0.15, 0.2) is 72.8 Å². The third-order valence-electron chi connectivity index (χ3n) is 4.28. The van der Waals surface area contributed by atoms with E-state index in [1.165, 1.54) is 12.1 Å². The van der Waals surface area contributed by atoms with Gasteiger partial charge in [-0.1, -0.05) is 35.9 Å². The van der Waals surface area contributed by atoms with Gasteiger partial charge in [0, 0.05) is 22.6 Å². The van der Waals surface area contributed by atoms with Gasteiger partial charge in [0.1, 0.15) is 11.6 Å². The number of fused-ring (bicyclic) bond motifs is 1. The summed E-state index contributed by atoms with van der Waals surface area (Å²) in [6.07, 6.45) is 0. The van der Waals surface area contributed by atoms with Crippen LogP contribution in [0.1, 0.15) is 16.2 Å². The second-order valence-electron chi connectivity index (χ2n) is 6.35. The van der Waals surface area contributed by atoms with Crippen molar-refractivity contribution in [3.05, 3.63) is 95.0 Å². The molecule has 5 nitrogen and oxygen atoms in total. The van der Waals surface area contributed by atoms with Crippen molar-refractivity contribution in [2.45, 2.75) is 6.54 Å². The van der Waals surface area contributed by atoms with Gasteiger partial charge in [-0.25, -0.2) is 14.4 Å². The molecule has 0 fully saturated rings. The first-order chi connectivity index (χ1) is 14.1. The van der Waals surface area contributed by atoms with Crippen molar-refractivity contribution < 1.29 is 9.18 Å². The standard InChI is InChI=1S/C22H16ClFN4O/c23-15-7-5-14(6-8-15)13-25-22(29)21-27-19-4-2-1-3-18(19)20(28-21)26-17-11-9-16(24)10-12-17/h1-12H,13H2,(H,25,29)(H,26,27,28). The second-order valence-corrected chi connectivity index (χ2v) is 6.79. The third-order valence-corrected chi connectivity index (χ3v) is 4.53. The van der Waals surface area contributed by atoms with Crippen LogP contribution in [0.25, 0.3) is 10.9 Å². The number of hydrogen-bond acceptors (Lipinski definition) is 4. The molecule has 0 bridgehead atoms. The molecule has 1 heterocycles. The molecule has 29 heavy (non-hydrogen) atoms. The van der Waals surface area contributed by atoms with Gasteiger partial charge in [0.05, 0.1) is 5.52 Å². The van der Waals surface area contributed by atoms with Crippen molar-refractivity contribution in [3.63, 3.8) is 0 Å². The number of carbonyl (C=O) groups is 1. The molecule has 0 aliphatic carbocycles. The van der Waals surface area contributed by atoms with Crippen molar-refractivity contribution in [1.82, 2.24) is 15.3 Å². The van der Waals surface area contributed by atoms with E-state index < -0.39 is 5.91 Å². The molecule has 144 valence electrons. The summed E-state index contributed by atoms with van der Waals surface area (Å²) in [7, 11) is 0. The Labute approximate surface area is 171 Å². The highest BCUT2D eigenvalue weighted by Crippen LogP contribution is 2.24. The van der Waals surface area contributed by atoms with Gasteiger partial charge in [0.15, 0.2) is 0 Å². The number of hydrogen-bond donors (Lipinski definition) is 2. The summed E-state index contributed by atoms with van der Waals surface area (Å²) >= 11 is 5.88. The number of amides is 1. The molecule has 0 atom stereocenters. The van der Waals surface area contributed by atoms with Crippen molar-refractivity contribution in [2.24, 2.45) is 0 Å². The monoisotopic (exact) mass is 406 g/mol. The molecule has 2 N–H and O–H groups in total. The highest BCUT2D eigenvalue weighted by Gasteiger charge is 2.14. The Hall–Kier alpha value is -3.51. The summed E-state index contributed by atoms with van der Waals surface area (Å²) in [6, 6.07) is 20.5. The average Bonchev–Trinajstić information content (AvgIpc) is 2.74. The number of rotatable bonds is 5. The molecule has 0 saturated heterocycles. The van der Waals surface area contributed by atoms with E-state index in [1.54, 1.807) is 24.3 Å². The SMILES string of the molecule is O=C(NCc1ccc(Cl)cc1)c1nc(Nc2ccc(F)cc2)c2ccccc2n1. The Morgan fingerprint density at radius 3 is 2.41 bits per heavy atom. The summed E-state index contributed by atoms with van der Waals surface area (Å²) in [4.78, 5) is 21.4. The largest absolute Gasteiger partial charge is 0.345 e. The Bertz CT molecular complexity index is 1160. The van der Waals surface area contributed by atoms with Gasteiger partial charge >= 0.3 is 0 Å². The Morgan fingerprint density at radius 1 is 0.931 bits per heavy atom. The summed E-state index contributed by atoms with van der Waals surface area (Å²) in [5, 5.41) is 7.34. The predicted octanol–water partition coefficient (Wildman–Crippen LogP) is 5.10. The number of nitrogens with zero attached hydrogens (tertiary/aromatic N) is 2. The number of aromatic nitrogens is 2. The molecule has 0 saturated carbocycles. The maximum Gasteiger partial charge on any atom is 0.289 e. The summed E-state index contributed by atoms with van der Waals surface area (Å²) in [6.45, 7) is 0.326. The van der Waals surface area contributed by atoms with Crippen LogP contribution >= 0.6 is 11.6 Å². The van der Waals surface area contributed by atoms with Crippen molar-refractivity contribution in [1.29, 1.82) is 0 Å². The molecule has 1 amide bonds.